The van der Waals surface area contributed by atoms with Gasteiger partial charge >= 0.3 is 0 Å². The van der Waals surface area contributed by atoms with E-state index in [4.69, 9.17) is 9.47 Å². The van der Waals surface area contributed by atoms with Crippen LogP contribution in [0.5, 0.6) is 5.88 Å². The molecule has 1 amide bonds. The summed E-state index contributed by atoms with van der Waals surface area (Å²) in [5.41, 5.74) is 2.40. The van der Waals surface area contributed by atoms with Crippen LogP contribution >= 0.6 is 0 Å². The highest BCUT2D eigenvalue weighted by atomic mass is 16.5. The van der Waals surface area contributed by atoms with Crippen molar-refractivity contribution in [3.05, 3.63) is 60.4 Å². The number of hydrogen-bond acceptors (Lipinski definition) is 4. The Morgan fingerprint density at radius 2 is 2.03 bits per heavy atom. The fourth-order valence-corrected chi connectivity index (χ4v) is 3.94. The molecule has 6 heteroatoms. The van der Waals surface area contributed by atoms with Gasteiger partial charge in [-0.3, -0.25) is 4.79 Å². The summed E-state index contributed by atoms with van der Waals surface area (Å²) in [7, 11) is 0. The summed E-state index contributed by atoms with van der Waals surface area (Å²) in [4.78, 5) is 15.5. The first-order valence-electron chi connectivity index (χ1n) is 10.6. The zero-order chi connectivity index (χ0) is 20.9. The van der Waals surface area contributed by atoms with E-state index in [-0.39, 0.29) is 18.1 Å². The highest BCUT2D eigenvalue weighted by Gasteiger charge is 2.31. The van der Waals surface area contributed by atoms with E-state index in [1.165, 1.54) is 12.5 Å². The first-order valence-corrected chi connectivity index (χ1v) is 10.6. The van der Waals surface area contributed by atoms with Gasteiger partial charge in [0, 0.05) is 31.9 Å². The number of carbonyl (C=O) groups is 1. The standard InChI is InChI=1S/C24H29N3O3/c1-17(26-18(2)28)15-29-21-12-20(13-21)16-30-24-22-9-11-27(23(22)8-10-25-24)14-19-6-4-3-5-7-19/h3-11,17,20-21H,12-16H2,1-2H3,(H,26,28)/t17-,20?,21?/m0/s1. The van der Waals surface area contributed by atoms with Crippen LogP contribution in [-0.4, -0.2) is 40.8 Å². The summed E-state index contributed by atoms with van der Waals surface area (Å²) in [6, 6.07) is 14.6. The number of ether oxygens (including phenoxy) is 2. The minimum Gasteiger partial charge on any atom is -0.477 e. The summed E-state index contributed by atoms with van der Waals surface area (Å²) in [6.45, 7) is 5.51. The number of benzene rings is 1. The number of amides is 1. The molecule has 0 spiro atoms. The number of hydrogen-bond donors (Lipinski definition) is 1. The second kappa shape index (κ2) is 9.30. The predicted octanol–water partition coefficient (Wildman–Crippen LogP) is 3.78. The minimum atomic E-state index is -0.0229. The van der Waals surface area contributed by atoms with E-state index in [9.17, 15) is 4.79 Å². The predicted molar refractivity (Wildman–Crippen MR) is 117 cm³/mol. The second-order valence-corrected chi connectivity index (χ2v) is 8.18. The highest BCUT2D eigenvalue weighted by molar-refractivity contribution is 5.84. The van der Waals surface area contributed by atoms with E-state index < -0.39 is 0 Å². The number of nitrogens with one attached hydrogen (secondary N) is 1. The molecule has 1 saturated carbocycles. The van der Waals surface area contributed by atoms with Gasteiger partial charge in [-0.1, -0.05) is 30.3 Å². The van der Waals surface area contributed by atoms with E-state index in [1.807, 2.05) is 25.3 Å². The van der Waals surface area contributed by atoms with Gasteiger partial charge < -0.3 is 19.4 Å². The SMILES string of the molecule is CC(=O)N[C@@H](C)COC1CC(COc2nccc3c2ccn3Cc2ccccc2)C1. The lowest BCUT2D eigenvalue weighted by Crippen LogP contribution is -2.40. The van der Waals surface area contributed by atoms with Crippen LogP contribution in [0.4, 0.5) is 0 Å². The van der Waals surface area contributed by atoms with Crippen LogP contribution < -0.4 is 10.1 Å². The van der Waals surface area contributed by atoms with Crippen molar-refractivity contribution < 1.29 is 14.3 Å². The molecular weight excluding hydrogens is 378 g/mol. The first kappa shape index (κ1) is 20.4. The molecule has 2 heterocycles. The van der Waals surface area contributed by atoms with Crippen LogP contribution in [0.3, 0.4) is 0 Å². The van der Waals surface area contributed by atoms with Crippen LogP contribution in [0.15, 0.2) is 54.9 Å². The van der Waals surface area contributed by atoms with Gasteiger partial charge in [-0.2, -0.15) is 0 Å². The Labute approximate surface area is 177 Å². The number of carbonyl (C=O) groups excluding carboxylic acids is 1. The average Bonchev–Trinajstić information content (AvgIpc) is 3.10. The smallest absolute Gasteiger partial charge is 0.222 e. The van der Waals surface area contributed by atoms with E-state index >= 15 is 0 Å². The summed E-state index contributed by atoms with van der Waals surface area (Å²) in [6.07, 6.45) is 6.13. The lowest BCUT2D eigenvalue weighted by atomic mass is 9.83. The van der Waals surface area contributed by atoms with Crippen molar-refractivity contribution in [2.75, 3.05) is 13.2 Å². The summed E-state index contributed by atoms with van der Waals surface area (Å²) in [5, 5.41) is 3.89. The number of nitrogens with zero attached hydrogens (tertiary/aromatic N) is 2. The Bertz CT molecular complexity index is 980. The Kier molecular flexibility index (Phi) is 6.33. The maximum Gasteiger partial charge on any atom is 0.222 e. The molecule has 1 N–H and O–H groups in total. The van der Waals surface area contributed by atoms with Gasteiger partial charge in [0.1, 0.15) is 0 Å². The molecule has 0 aliphatic heterocycles. The lowest BCUT2D eigenvalue weighted by Gasteiger charge is -2.35. The molecule has 0 bridgehead atoms. The van der Waals surface area contributed by atoms with Crippen molar-refractivity contribution in [3.63, 3.8) is 0 Å². The van der Waals surface area contributed by atoms with Crippen molar-refractivity contribution in [3.8, 4) is 5.88 Å². The third-order valence-electron chi connectivity index (χ3n) is 5.54. The minimum absolute atomic E-state index is 0.0229. The third-order valence-corrected chi connectivity index (χ3v) is 5.54. The summed E-state index contributed by atoms with van der Waals surface area (Å²) in [5.74, 6) is 1.16. The van der Waals surface area contributed by atoms with Crippen molar-refractivity contribution in [1.29, 1.82) is 0 Å². The van der Waals surface area contributed by atoms with E-state index in [1.54, 1.807) is 0 Å². The first-order chi connectivity index (χ1) is 14.6. The van der Waals surface area contributed by atoms with Crippen molar-refractivity contribution >= 4 is 16.8 Å². The van der Waals surface area contributed by atoms with Gasteiger partial charge in [-0.05, 0) is 43.4 Å². The van der Waals surface area contributed by atoms with Crippen LogP contribution in [-0.2, 0) is 16.1 Å². The average molecular weight is 408 g/mol. The fourth-order valence-electron chi connectivity index (χ4n) is 3.94. The van der Waals surface area contributed by atoms with Crippen molar-refractivity contribution in [2.24, 2.45) is 5.92 Å². The van der Waals surface area contributed by atoms with Gasteiger partial charge in [-0.15, -0.1) is 0 Å². The normalized spacial score (nSPS) is 19.3. The molecule has 1 aromatic carbocycles. The monoisotopic (exact) mass is 407 g/mol. The Morgan fingerprint density at radius 1 is 1.23 bits per heavy atom. The van der Waals surface area contributed by atoms with Gasteiger partial charge in [-0.25, -0.2) is 4.98 Å². The Balaban J connectivity index is 1.28. The molecular formula is C24H29N3O3. The molecule has 0 radical (unpaired) electrons. The van der Waals surface area contributed by atoms with E-state index in [0.717, 1.165) is 30.3 Å². The summed E-state index contributed by atoms with van der Waals surface area (Å²) < 4.78 is 14.2. The number of aromatic nitrogens is 2. The molecule has 0 unspecified atom stereocenters. The van der Waals surface area contributed by atoms with E-state index in [2.05, 4.69) is 51.4 Å². The fraction of sp³-hybridized carbons (Fsp3) is 0.417. The maximum absolute atomic E-state index is 11.0. The number of pyridine rings is 1. The lowest BCUT2D eigenvalue weighted by molar-refractivity contribution is -0.120. The highest BCUT2D eigenvalue weighted by Crippen LogP contribution is 2.32. The quantitative estimate of drug-likeness (QED) is 0.586. The Hall–Kier alpha value is -2.86. The summed E-state index contributed by atoms with van der Waals surface area (Å²) >= 11 is 0. The molecule has 1 fully saturated rings. The molecule has 4 rings (SSSR count). The van der Waals surface area contributed by atoms with Gasteiger partial charge in [0.15, 0.2) is 0 Å². The molecule has 0 saturated heterocycles. The molecule has 2 aromatic heterocycles. The molecule has 1 aliphatic carbocycles. The molecule has 30 heavy (non-hydrogen) atoms. The van der Waals surface area contributed by atoms with Gasteiger partial charge in [0.05, 0.1) is 30.2 Å². The third kappa shape index (κ3) is 5.00. The van der Waals surface area contributed by atoms with Crippen LogP contribution in [0, 0.1) is 5.92 Å². The van der Waals surface area contributed by atoms with E-state index in [0.29, 0.717) is 25.0 Å². The van der Waals surface area contributed by atoms with Gasteiger partial charge in [0.2, 0.25) is 11.8 Å². The van der Waals surface area contributed by atoms with Crippen molar-refractivity contribution in [1.82, 2.24) is 14.9 Å². The van der Waals surface area contributed by atoms with Crippen molar-refractivity contribution in [2.45, 2.75) is 45.4 Å². The maximum atomic E-state index is 11.0. The number of fused-ring (bicyclic) bond motifs is 1. The molecule has 3 aromatic rings. The van der Waals surface area contributed by atoms with Crippen LogP contribution in [0.25, 0.3) is 10.9 Å². The Morgan fingerprint density at radius 3 is 2.80 bits per heavy atom. The topological polar surface area (TPSA) is 65.4 Å². The molecule has 1 atom stereocenters. The van der Waals surface area contributed by atoms with Crippen LogP contribution in [0.2, 0.25) is 0 Å². The zero-order valence-corrected chi connectivity index (χ0v) is 17.6. The molecule has 6 nitrogen and oxygen atoms in total. The number of rotatable bonds is 9. The largest absolute Gasteiger partial charge is 0.477 e. The molecule has 158 valence electrons. The molecule has 1 aliphatic rings. The second-order valence-electron chi connectivity index (χ2n) is 8.18. The van der Waals surface area contributed by atoms with Crippen LogP contribution in [0.1, 0.15) is 32.3 Å². The van der Waals surface area contributed by atoms with Gasteiger partial charge in [0.25, 0.3) is 0 Å². The zero-order valence-electron chi connectivity index (χ0n) is 17.6.